The van der Waals surface area contributed by atoms with E-state index < -0.39 is 0 Å². The number of hydrogen-bond acceptors (Lipinski definition) is 6. The highest BCUT2D eigenvalue weighted by atomic mass is 32.2. The van der Waals surface area contributed by atoms with Crippen molar-refractivity contribution < 1.29 is 4.74 Å². The Hall–Kier alpha value is -1.04. The Bertz CT molecular complexity index is 333. The molecule has 16 heavy (non-hydrogen) atoms. The highest BCUT2D eigenvalue weighted by Gasteiger charge is 2.07. The van der Waals surface area contributed by atoms with Gasteiger partial charge < -0.3 is 10.5 Å². The highest BCUT2D eigenvalue weighted by molar-refractivity contribution is 7.99. The minimum Gasteiger partial charge on any atom is -0.461 e. The molecule has 90 valence electrons. The van der Waals surface area contributed by atoms with Crippen LogP contribution in [-0.4, -0.2) is 26.8 Å². The summed E-state index contributed by atoms with van der Waals surface area (Å²) < 4.78 is 5.39. The fourth-order valence-electron chi connectivity index (χ4n) is 0.989. The third-order valence-corrected chi connectivity index (χ3v) is 2.62. The van der Waals surface area contributed by atoms with E-state index in [1.807, 2.05) is 13.8 Å². The van der Waals surface area contributed by atoms with Crippen LogP contribution in [0.15, 0.2) is 5.16 Å². The SMILES string of the molecule is CCCCSc1nc(N)nc(OC(C)C)n1. The monoisotopic (exact) mass is 242 g/mol. The molecule has 0 fully saturated rings. The van der Waals surface area contributed by atoms with E-state index in [4.69, 9.17) is 10.5 Å². The van der Waals surface area contributed by atoms with E-state index >= 15 is 0 Å². The summed E-state index contributed by atoms with van der Waals surface area (Å²) in [7, 11) is 0. The van der Waals surface area contributed by atoms with E-state index in [0.717, 1.165) is 18.6 Å². The molecule has 1 aromatic heterocycles. The minimum atomic E-state index is 0.0373. The molecule has 2 N–H and O–H groups in total. The molecule has 0 spiro atoms. The normalized spacial score (nSPS) is 10.8. The first-order valence-electron chi connectivity index (χ1n) is 5.42. The van der Waals surface area contributed by atoms with Crippen molar-refractivity contribution >= 4 is 17.7 Å². The Morgan fingerprint density at radius 1 is 1.31 bits per heavy atom. The molecule has 0 radical (unpaired) electrons. The second kappa shape index (κ2) is 6.52. The van der Waals surface area contributed by atoms with Gasteiger partial charge in [0.25, 0.3) is 0 Å². The maximum atomic E-state index is 5.58. The van der Waals surface area contributed by atoms with Gasteiger partial charge in [0, 0.05) is 5.75 Å². The van der Waals surface area contributed by atoms with Crippen molar-refractivity contribution in [2.24, 2.45) is 0 Å². The summed E-state index contributed by atoms with van der Waals surface area (Å²) in [6, 6.07) is 0.307. The Balaban J connectivity index is 2.65. The lowest BCUT2D eigenvalue weighted by molar-refractivity contribution is 0.219. The molecule has 0 aliphatic rings. The third kappa shape index (κ3) is 4.65. The van der Waals surface area contributed by atoms with Gasteiger partial charge in [0.15, 0.2) is 5.16 Å². The molecule has 0 bridgehead atoms. The van der Waals surface area contributed by atoms with Crippen LogP contribution in [0.3, 0.4) is 0 Å². The summed E-state index contributed by atoms with van der Waals surface area (Å²) in [6.07, 6.45) is 2.33. The maximum absolute atomic E-state index is 5.58. The third-order valence-electron chi connectivity index (χ3n) is 1.68. The number of nitrogens with zero attached hydrogens (tertiary/aromatic N) is 3. The maximum Gasteiger partial charge on any atom is 0.322 e. The Morgan fingerprint density at radius 2 is 2.06 bits per heavy atom. The van der Waals surface area contributed by atoms with Gasteiger partial charge in [-0.15, -0.1) is 0 Å². The van der Waals surface area contributed by atoms with Crippen molar-refractivity contribution in [2.45, 2.75) is 44.9 Å². The number of hydrogen-bond donors (Lipinski definition) is 1. The molecule has 0 saturated carbocycles. The smallest absolute Gasteiger partial charge is 0.322 e. The Kier molecular flexibility index (Phi) is 5.31. The summed E-state index contributed by atoms with van der Waals surface area (Å²) in [5.41, 5.74) is 5.58. The molecule has 1 heterocycles. The van der Waals surface area contributed by atoms with Crippen LogP contribution < -0.4 is 10.5 Å². The molecule has 5 nitrogen and oxygen atoms in total. The van der Waals surface area contributed by atoms with Gasteiger partial charge in [-0.3, -0.25) is 0 Å². The lowest BCUT2D eigenvalue weighted by Crippen LogP contribution is -2.10. The van der Waals surface area contributed by atoms with Crippen LogP contribution in [0.25, 0.3) is 0 Å². The lowest BCUT2D eigenvalue weighted by Gasteiger charge is -2.08. The summed E-state index contributed by atoms with van der Waals surface area (Å²) in [6.45, 7) is 5.99. The van der Waals surface area contributed by atoms with E-state index in [2.05, 4.69) is 21.9 Å². The number of thioether (sulfide) groups is 1. The van der Waals surface area contributed by atoms with Gasteiger partial charge in [-0.25, -0.2) is 0 Å². The van der Waals surface area contributed by atoms with Crippen LogP contribution in [0, 0.1) is 0 Å². The van der Waals surface area contributed by atoms with Crippen molar-refractivity contribution in [1.29, 1.82) is 0 Å². The highest BCUT2D eigenvalue weighted by Crippen LogP contribution is 2.18. The van der Waals surface area contributed by atoms with Gasteiger partial charge in [0.2, 0.25) is 5.95 Å². The van der Waals surface area contributed by atoms with Crippen molar-refractivity contribution in [2.75, 3.05) is 11.5 Å². The summed E-state index contributed by atoms with van der Waals surface area (Å²) in [5, 5.41) is 0.636. The van der Waals surface area contributed by atoms with Crippen molar-refractivity contribution in [3.8, 4) is 6.01 Å². The molecule has 0 amide bonds. The molecule has 0 aliphatic heterocycles. The molecule has 0 atom stereocenters. The van der Waals surface area contributed by atoms with Crippen molar-refractivity contribution in [3.05, 3.63) is 0 Å². The van der Waals surface area contributed by atoms with Crippen molar-refractivity contribution in [1.82, 2.24) is 15.0 Å². The number of unbranched alkanes of at least 4 members (excludes halogenated alkanes) is 1. The van der Waals surface area contributed by atoms with E-state index in [1.54, 1.807) is 11.8 Å². The summed E-state index contributed by atoms with van der Waals surface area (Å²) in [4.78, 5) is 12.2. The first kappa shape index (κ1) is 13.0. The van der Waals surface area contributed by atoms with E-state index in [9.17, 15) is 0 Å². The van der Waals surface area contributed by atoms with Gasteiger partial charge in [0.1, 0.15) is 0 Å². The van der Waals surface area contributed by atoms with Crippen LogP contribution in [0.2, 0.25) is 0 Å². The second-order valence-electron chi connectivity index (χ2n) is 3.63. The van der Waals surface area contributed by atoms with E-state index in [1.165, 1.54) is 0 Å². The van der Waals surface area contributed by atoms with Crippen molar-refractivity contribution in [3.63, 3.8) is 0 Å². The molecule has 0 saturated heterocycles. The van der Waals surface area contributed by atoms with Gasteiger partial charge >= 0.3 is 6.01 Å². The summed E-state index contributed by atoms with van der Waals surface area (Å²) in [5.74, 6) is 1.20. The van der Waals surface area contributed by atoms with Gasteiger partial charge in [0.05, 0.1) is 6.10 Å². The quantitative estimate of drug-likeness (QED) is 0.608. The molecule has 1 rings (SSSR count). The first-order valence-corrected chi connectivity index (χ1v) is 6.41. The fourth-order valence-corrected chi connectivity index (χ4v) is 1.90. The van der Waals surface area contributed by atoms with Crippen LogP contribution in [0.4, 0.5) is 5.95 Å². The number of nitrogens with two attached hydrogens (primary N) is 1. The van der Waals surface area contributed by atoms with Crippen LogP contribution in [-0.2, 0) is 0 Å². The average molecular weight is 242 g/mol. The number of aromatic nitrogens is 3. The zero-order valence-electron chi connectivity index (χ0n) is 9.93. The number of ether oxygens (including phenoxy) is 1. The number of rotatable bonds is 6. The minimum absolute atomic E-state index is 0.0373. The fraction of sp³-hybridized carbons (Fsp3) is 0.700. The van der Waals surface area contributed by atoms with Crippen LogP contribution in [0.5, 0.6) is 6.01 Å². The summed E-state index contributed by atoms with van der Waals surface area (Å²) >= 11 is 1.58. The topological polar surface area (TPSA) is 73.9 Å². The van der Waals surface area contributed by atoms with Crippen LogP contribution in [0.1, 0.15) is 33.6 Å². The standard InChI is InChI=1S/C10H18N4OS/c1-4-5-6-16-10-13-8(11)12-9(14-10)15-7(2)3/h7H,4-6H2,1-3H3,(H2,11,12,13,14). The number of anilines is 1. The van der Waals surface area contributed by atoms with Crippen LogP contribution >= 0.6 is 11.8 Å². The zero-order valence-corrected chi connectivity index (χ0v) is 10.8. The lowest BCUT2D eigenvalue weighted by atomic mass is 10.4. The van der Waals surface area contributed by atoms with E-state index in [-0.39, 0.29) is 12.1 Å². The molecular formula is C10H18N4OS. The van der Waals surface area contributed by atoms with Gasteiger partial charge in [-0.05, 0) is 20.3 Å². The Labute approximate surface area is 100 Å². The van der Waals surface area contributed by atoms with E-state index in [0.29, 0.717) is 11.2 Å². The zero-order chi connectivity index (χ0) is 12.0. The molecule has 0 unspecified atom stereocenters. The molecular weight excluding hydrogens is 224 g/mol. The van der Waals surface area contributed by atoms with Gasteiger partial charge in [-0.2, -0.15) is 15.0 Å². The predicted molar refractivity (Wildman–Crippen MR) is 65.6 cm³/mol. The molecule has 1 aromatic rings. The average Bonchev–Trinajstić information content (AvgIpc) is 2.16. The Morgan fingerprint density at radius 3 is 2.69 bits per heavy atom. The second-order valence-corrected chi connectivity index (χ2v) is 4.69. The molecule has 0 aromatic carbocycles. The largest absolute Gasteiger partial charge is 0.461 e. The molecule has 6 heteroatoms. The predicted octanol–water partition coefficient (Wildman–Crippen LogP) is 2.13. The first-order chi connectivity index (χ1) is 7.61. The van der Waals surface area contributed by atoms with Gasteiger partial charge in [-0.1, -0.05) is 25.1 Å². The number of nitrogen functional groups attached to an aromatic ring is 1. The molecule has 0 aliphatic carbocycles.